The summed E-state index contributed by atoms with van der Waals surface area (Å²) >= 11 is 1.67. The average Bonchev–Trinajstić information content (AvgIpc) is 2.59. The molecule has 1 rings (SSSR count). The van der Waals surface area contributed by atoms with Crippen molar-refractivity contribution < 1.29 is 5.11 Å². The minimum atomic E-state index is 0.178. The van der Waals surface area contributed by atoms with E-state index in [0.29, 0.717) is 13.1 Å². The van der Waals surface area contributed by atoms with Crippen LogP contribution in [0.4, 0.5) is 0 Å². The Morgan fingerprint density at radius 1 is 1.69 bits per heavy atom. The summed E-state index contributed by atoms with van der Waals surface area (Å²) in [5.41, 5.74) is 6.92. The van der Waals surface area contributed by atoms with Crippen molar-refractivity contribution >= 4 is 11.3 Å². The van der Waals surface area contributed by atoms with Crippen molar-refractivity contribution in [3.05, 3.63) is 22.4 Å². The van der Waals surface area contributed by atoms with Crippen LogP contribution in [0.1, 0.15) is 11.6 Å². The van der Waals surface area contributed by atoms with Crippen LogP contribution in [0, 0.1) is 0 Å². The summed E-state index contributed by atoms with van der Waals surface area (Å²) in [6, 6.07) is 2.31. The van der Waals surface area contributed by atoms with Gasteiger partial charge in [0, 0.05) is 19.1 Å². The van der Waals surface area contributed by atoms with E-state index < -0.39 is 0 Å². The second-order valence-electron chi connectivity index (χ2n) is 3.01. The Labute approximate surface area is 82.8 Å². The summed E-state index contributed by atoms with van der Waals surface area (Å²) in [7, 11) is 1.98. The Hall–Kier alpha value is -0.420. The van der Waals surface area contributed by atoms with Crippen LogP contribution in [0.2, 0.25) is 0 Å². The maximum absolute atomic E-state index is 8.80. The van der Waals surface area contributed by atoms with Gasteiger partial charge in [-0.15, -0.1) is 0 Å². The predicted octanol–water partition coefficient (Wildman–Crippen LogP) is 0.672. The van der Waals surface area contributed by atoms with Gasteiger partial charge in [0.15, 0.2) is 0 Å². The lowest BCUT2D eigenvalue weighted by Gasteiger charge is -2.25. The van der Waals surface area contributed by atoms with Crippen molar-refractivity contribution in [1.82, 2.24) is 4.90 Å². The number of nitrogens with two attached hydrogens (primary N) is 1. The molecule has 4 heteroatoms. The molecule has 74 valence electrons. The molecule has 0 aliphatic rings. The Balaban J connectivity index is 2.62. The van der Waals surface area contributed by atoms with Gasteiger partial charge in [-0.3, -0.25) is 4.90 Å². The van der Waals surface area contributed by atoms with Crippen molar-refractivity contribution in [2.24, 2.45) is 5.73 Å². The Morgan fingerprint density at radius 3 is 2.92 bits per heavy atom. The van der Waals surface area contributed by atoms with E-state index in [0.717, 1.165) is 0 Å². The molecule has 0 aliphatic carbocycles. The van der Waals surface area contributed by atoms with Gasteiger partial charge in [0.1, 0.15) is 0 Å². The van der Waals surface area contributed by atoms with Crippen LogP contribution in [0.25, 0.3) is 0 Å². The van der Waals surface area contributed by atoms with Gasteiger partial charge in [0.05, 0.1) is 6.61 Å². The number of hydrogen-bond acceptors (Lipinski definition) is 4. The van der Waals surface area contributed by atoms with Crippen LogP contribution in [0.15, 0.2) is 16.8 Å². The van der Waals surface area contributed by atoms with E-state index in [1.807, 2.05) is 12.4 Å². The molecule has 0 amide bonds. The van der Waals surface area contributed by atoms with Crippen LogP contribution < -0.4 is 5.73 Å². The molecule has 3 N–H and O–H groups in total. The van der Waals surface area contributed by atoms with Crippen LogP contribution >= 0.6 is 11.3 Å². The molecular formula is C9H16N2OS. The lowest BCUT2D eigenvalue weighted by molar-refractivity contribution is 0.183. The molecule has 1 atom stereocenters. The van der Waals surface area contributed by atoms with E-state index in [1.165, 1.54) is 5.56 Å². The highest BCUT2D eigenvalue weighted by Gasteiger charge is 2.14. The molecule has 0 aromatic carbocycles. The van der Waals surface area contributed by atoms with Crippen LogP contribution in [0.5, 0.6) is 0 Å². The van der Waals surface area contributed by atoms with Crippen molar-refractivity contribution in [1.29, 1.82) is 0 Å². The van der Waals surface area contributed by atoms with E-state index >= 15 is 0 Å². The number of rotatable bonds is 5. The first kappa shape index (κ1) is 10.7. The lowest BCUT2D eigenvalue weighted by atomic mass is 10.1. The van der Waals surface area contributed by atoms with Crippen molar-refractivity contribution in [2.45, 2.75) is 6.04 Å². The summed E-state index contributed by atoms with van der Waals surface area (Å²) < 4.78 is 0. The molecule has 0 aliphatic heterocycles. The Bertz CT molecular complexity index is 226. The number of likely N-dealkylation sites (N-methyl/N-ethyl adjacent to an activating group) is 1. The topological polar surface area (TPSA) is 49.5 Å². The van der Waals surface area contributed by atoms with Gasteiger partial charge in [-0.1, -0.05) is 0 Å². The fourth-order valence-electron chi connectivity index (χ4n) is 1.35. The SMILES string of the molecule is CN(CCO)C(CN)c1ccsc1. The van der Waals surface area contributed by atoms with Gasteiger partial charge >= 0.3 is 0 Å². The van der Waals surface area contributed by atoms with E-state index in [4.69, 9.17) is 10.8 Å². The van der Waals surface area contributed by atoms with E-state index in [2.05, 4.69) is 16.3 Å². The minimum absolute atomic E-state index is 0.178. The molecule has 1 aromatic heterocycles. The van der Waals surface area contributed by atoms with Crippen LogP contribution in [-0.4, -0.2) is 36.8 Å². The zero-order valence-electron chi connectivity index (χ0n) is 7.81. The molecule has 0 saturated heterocycles. The molecule has 1 unspecified atom stereocenters. The molecular weight excluding hydrogens is 184 g/mol. The molecule has 3 nitrogen and oxygen atoms in total. The minimum Gasteiger partial charge on any atom is -0.395 e. The molecule has 0 fully saturated rings. The molecule has 0 bridgehead atoms. The number of aliphatic hydroxyl groups is 1. The lowest BCUT2D eigenvalue weighted by Crippen LogP contribution is -2.32. The van der Waals surface area contributed by atoms with Gasteiger partial charge in [-0.2, -0.15) is 11.3 Å². The first-order valence-electron chi connectivity index (χ1n) is 4.33. The number of aliphatic hydroxyl groups excluding tert-OH is 1. The van der Waals surface area contributed by atoms with Gasteiger partial charge < -0.3 is 10.8 Å². The molecule has 1 heterocycles. The van der Waals surface area contributed by atoms with Gasteiger partial charge in [-0.25, -0.2) is 0 Å². The fraction of sp³-hybridized carbons (Fsp3) is 0.556. The second-order valence-corrected chi connectivity index (χ2v) is 3.79. The Morgan fingerprint density at radius 2 is 2.46 bits per heavy atom. The Kier molecular flexibility index (Phi) is 4.38. The van der Waals surface area contributed by atoms with Crippen LogP contribution in [-0.2, 0) is 0 Å². The van der Waals surface area contributed by atoms with Gasteiger partial charge in [0.25, 0.3) is 0 Å². The summed E-state index contributed by atoms with van der Waals surface area (Å²) in [5, 5.41) is 12.9. The quantitative estimate of drug-likeness (QED) is 0.734. The van der Waals surface area contributed by atoms with Crippen molar-refractivity contribution in [3.63, 3.8) is 0 Å². The standard InChI is InChI=1S/C9H16N2OS/c1-11(3-4-12)9(6-10)8-2-5-13-7-8/h2,5,7,9,12H,3-4,6,10H2,1H3. The molecule has 1 aromatic rings. The average molecular weight is 200 g/mol. The smallest absolute Gasteiger partial charge is 0.0558 e. The highest BCUT2D eigenvalue weighted by Crippen LogP contribution is 2.20. The predicted molar refractivity (Wildman–Crippen MR) is 55.8 cm³/mol. The van der Waals surface area contributed by atoms with Gasteiger partial charge in [0.2, 0.25) is 0 Å². The largest absolute Gasteiger partial charge is 0.395 e. The third-order valence-electron chi connectivity index (χ3n) is 2.14. The number of nitrogens with zero attached hydrogens (tertiary/aromatic N) is 1. The van der Waals surface area contributed by atoms with E-state index in [-0.39, 0.29) is 12.6 Å². The zero-order valence-corrected chi connectivity index (χ0v) is 8.63. The third-order valence-corrected chi connectivity index (χ3v) is 2.84. The molecule has 13 heavy (non-hydrogen) atoms. The normalized spacial score (nSPS) is 13.5. The van der Waals surface area contributed by atoms with Crippen LogP contribution in [0.3, 0.4) is 0 Å². The summed E-state index contributed by atoms with van der Waals surface area (Å²) in [6.45, 7) is 1.43. The first-order chi connectivity index (χ1) is 6.29. The van der Waals surface area contributed by atoms with Crippen molar-refractivity contribution in [3.8, 4) is 0 Å². The summed E-state index contributed by atoms with van der Waals surface area (Å²) in [4.78, 5) is 2.07. The van der Waals surface area contributed by atoms with Gasteiger partial charge in [-0.05, 0) is 29.4 Å². The third kappa shape index (κ3) is 2.77. The van der Waals surface area contributed by atoms with E-state index in [9.17, 15) is 0 Å². The number of thiophene rings is 1. The zero-order chi connectivity index (χ0) is 9.68. The first-order valence-corrected chi connectivity index (χ1v) is 5.27. The van der Waals surface area contributed by atoms with Crippen molar-refractivity contribution in [2.75, 3.05) is 26.7 Å². The fourth-order valence-corrected chi connectivity index (χ4v) is 2.06. The maximum Gasteiger partial charge on any atom is 0.0558 e. The molecule has 0 saturated carbocycles. The summed E-state index contributed by atoms with van der Waals surface area (Å²) in [6.07, 6.45) is 0. The molecule has 0 spiro atoms. The second kappa shape index (κ2) is 5.34. The summed E-state index contributed by atoms with van der Waals surface area (Å²) in [5.74, 6) is 0. The maximum atomic E-state index is 8.80. The highest BCUT2D eigenvalue weighted by atomic mass is 32.1. The highest BCUT2D eigenvalue weighted by molar-refractivity contribution is 7.07. The molecule has 0 radical (unpaired) electrons. The number of hydrogen-bond donors (Lipinski definition) is 2. The van der Waals surface area contributed by atoms with E-state index in [1.54, 1.807) is 11.3 Å². The monoisotopic (exact) mass is 200 g/mol.